The molecule has 0 saturated carbocycles. The molecule has 2 amide bonds. The highest BCUT2D eigenvalue weighted by Crippen LogP contribution is 2.27. The van der Waals surface area contributed by atoms with Crippen LogP contribution in [0.25, 0.3) is 11.4 Å². The Balaban J connectivity index is 1.28. The van der Waals surface area contributed by atoms with Crippen LogP contribution in [-0.4, -0.2) is 56.0 Å². The van der Waals surface area contributed by atoms with E-state index in [4.69, 9.17) is 4.98 Å². The Labute approximate surface area is 246 Å². The van der Waals surface area contributed by atoms with E-state index in [0.29, 0.717) is 60.8 Å². The summed E-state index contributed by atoms with van der Waals surface area (Å²) in [5.41, 5.74) is 5.77. The van der Waals surface area contributed by atoms with Gasteiger partial charge in [-0.15, -0.1) is 0 Å². The smallest absolute Gasteiger partial charge is 0.255 e. The topological polar surface area (TPSA) is 108 Å². The zero-order chi connectivity index (χ0) is 29.9. The minimum absolute atomic E-state index is 0.0136. The third-order valence-corrected chi connectivity index (χ3v) is 7.77. The van der Waals surface area contributed by atoms with Gasteiger partial charge in [-0.1, -0.05) is 57.2 Å². The molecule has 0 spiro atoms. The predicted octanol–water partition coefficient (Wildman–Crippen LogP) is 5.58. The molecular formula is C34H37N5O3. The van der Waals surface area contributed by atoms with Crippen molar-refractivity contribution in [1.29, 1.82) is 0 Å². The van der Waals surface area contributed by atoms with Crippen molar-refractivity contribution < 1.29 is 14.7 Å². The van der Waals surface area contributed by atoms with Crippen molar-refractivity contribution in [2.24, 2.45) is 0 Å². The molecule has 1 fully saturated rings. The minimum atomic E-state index is -0.317. The Hall–Kier alpha value is -4.43. The second-order valence-electron chi connectivity index (χ2n) is 11.9. The number of hydrogen-bond donors (Lipinski definition) is 2. The molecule has 42 heavy (non-hydrogen) atoms. The van der Waals surface area contributed by atoms with Crippen molar-refractivity contribution in [3.05, 3.63) is 107 Å². The van der Waals surface area contributed by atoms with E-state index in [1.165, 1.54) is 11.9 Å². The van der Waals surface area contributed by atoms with Gasteiger partial charge in [-0.05, 0) is 72.2 Å². The van der Waals surface area contributed by atoms with Crippen molar-refractivity contribution in [3.63, 3.8) is 0 Å². The van der Waals surface area contributed by atoms with Crippen LogP contribution in [0.1, 0.15) is 76.8 Å². The third kappa shape index (κ3) is 6.71. The summed E-state index contributed by atoms with van der Waals surface area (Å²) >= 11 is 0. The molecule has 1 aliphatic rings. The lowest BCUT2D eigenvalue weighted by molar-refractivity contribution is 0.0546. The maximum Gasteiger partial charge on any atom is 0.255 e. The number of benzene rings is 3. The number of amides is 2. The number of aliphatic hydroxyl groups excluding tert-OH is 1. The van der Waals surface area contributed by atoms with Gasteiger partial charge in [-0.3, -0.25) is 9.59 Å². The fourth-order valence-corrected chi connectivity index (χ4v) is 5.07. The molecule has 0 bridgehead atoms. The molecule has 1 aromatic heterocycles. The maximum absolute atomic E-state index is 13.0. The fraction of sp³-hybridized carbons (Fsp3) is 0.324. The standard InChI is InChI=1S/C34H37N5O3/c1-22-28(6-5-7-29(22)37-32(41)24-12-14-26(15-13-24)34(2,3)4)31-36-21-35-30(38-31)20-23-8-10-25(11-9-23)33(42)39-18-16-27(40)17-19-39/h5-15,21,27,40H,16-20H2,1-4H3,(H,37,41). The van der Waals surface area contributed by atoms with E-state index >= 15 is 0 Å². The molecule has 8 nitrogen and oxygen atoms in total. The highest BCUT2D eigenvalue weighted by atomic mass is 16.3. The number of aromatic nitrogens is 3. The van der Waals surface area contributed by atoms with E-state index in [1.807, 2.05) is 73.7 Å². The molecule has 3 aromatic carbocycles. The SMILES string of the molecule is Cc1c(NC(=O)c2ccc(C(C)(C)C)cc2)cccc1-c1ncnc(Cc2ccc(C(=O)N3CCC(O)CC3)cc2)n1. The van der Waals surface area contributed by atoms with E-state index in [9.17, 15) is 14.7 Å². The third-order valence-electron chi connectivity index (χ3n) is 7.77. The predicted molar refractivity (Wildman–Crippen MR) is 163 cm³/mol. The monoisotopic (exact) mass is 563 g/mol. The first-order valence-electron chi connectivity index (χ1n) is 14.3. The van der Waals surface area contributed by atoms with E-state index in [0.717, 1.165) is 16.7 Å². The summed E-state index contributed by atoms with van der Waals surface area (Å²) in [5.74, 6) is 0.950. The summed E-state index contributed by atoms with van der Waals surface area (Å²) in [6.07, 6.45) is 2.90. The van der Waals surface area contributed by atoms with Gasteiger partial charge < -0.3 is 15.3 Å². The van der Waals surface area contributed by atoms with Gasteiger partial charge in [-0.2, -0.15) is 0 Å². The number of aliphatic hydroxyl groups is 1. The van der Waals surface area contributed by atoms with Gasteiger partial charge in [0.15, 0.2) is 5.82 Å². The van der Waals surface area contributed by atoms with Gasteiger partial charge in [0.05, 0.1) is 6.10 Å². The highest BCUT2D eigenvalue weighted by molar-refractivity contribution is 6.05. The quantitative estimate of drug-likeness (QED) is 0.317. The Morgan fingerprint density at radius 1 is 0.929 bits per heavy atom. The van der Waals surface area contributed by atoms with Gasteiger partial charge in [0.1, 0.15) is 12.2 Å². The molecule has 0 radical (unpaired) electrons. The summed E-state index contributed by atoms with van der Waals surface area (Å²) in [5, 5.41) is 12.7. The molecule has 2 N–H and O–H groups in total. The van der Waals surface area contributed by atoms with Crippen molar-refractivity contribution >= 4 is 17.5 Å². The Bertz CT molecular complexity index is 1570. The van der Waals surface area contributed by atoms with Gasteiger partial charge in [0, 0.05) is 41.9 Å². The summed E-state index contributed by atoms with van der Waals surface area (Å²) in [7, 11) is 0. The highest BCUT2D eigenvalue weighted by Gasteiger charge is 2.22. The zero-order valence-electron chi connectivity index (χ0n) is 24.6. The summed E-state index contributed by atoms with van der Waals surface area (Å²) < 4.78 is 0. The van der Waals surface area contributed by atoms with E-state index in [2.05, 4.69) is 36.1 Å². The summed E-state index contributed by atoms with van der Waals surface area (Å²) in [4.78, 5) is 41.1. The number of anilines is 1. The Kier molecular flexibility index (Phi) is 8.45. The van der Waals surface area contributed by atoms with E-state index in [-0.39, 0.29) is 23.3 Å². The van der Waals surface area contributed by atoms with Crippen LogP contribution in [0.15, 0.2) is 73.1 Å². The first-order valence-corrected chi connectivity index (χ1v) is 14.3. The lowest BCUT2D eigenvalue weighted by atomic mass is 9.86. The zero-order valence-corrected chi connectivity index (χ0v) is 24.6. The van der Waals surface area contributed by atoms with Crippen LogP contribution in [0.2, 0.25) is 0 Å². The van der Waals surface area contributed by atoms with E-state index in [1.54, 1.807) is 4.90 Å². The molecule has 0 atom stereocenters. The normalized spacial score (nSPS) is 14.1. The number of nitrogens with zero attached hydrogens (tertiary/aromatic N) is 4. The van der Waals surface area contributed by atoms with Crippen molar-refractivity contribution in [3.8, 4) is 11.4 Å². The second kappa shape index (κ2) is 12.2. The van der Waals surface area contributed by atoms with Crippen LogP contribution in [-0.2, 0) is 11.8 Å². The second-order valence-corrected chi connectivity index (χ2v) is 11.9. The molecule has 4 aromatic rings. The Morgan fingerprint density at radius 2 is 1.60 bits per heavy atom. The number of carbonyl (C=O) groups excluding carboxylic acids is 2. The van der Waals surface area contributed by atoms with Crippen LogP contribution >= 0.6 is 0 Å². The molecule has 1 saturated heterocycles. The first kappa shape index (κ1) is 29.1. The summed E-state index contributed by atoms with van der Waals surface area (Å²) in [6, 6.07) is 20.9. The lowest BCUT2D eigenvalue weighted by Crippen LogP contribution is -2.40. The van der Waals surface area contributed by atoms with Crippen LogP contribution in [0.3, 0.4) is 0 Å². The number of rotatable bonds is 6. The van der Waals surface area contributed by atoms with Crippen molar-refractivity contribution in [2.45, 2.75) is 58.5 Å². The van der Waals surface area contributed by atoms with Gasteiger partial charge in [0.25, 0.3) is 11.8 Å². The average Bonchev–Trinajstić information content (AvgIpc) is 2.98. The van der Waals surface area contributed by atoms with Crippen molar-refractivity contribution in [2.75, 3.05) is 18.4 Å². The number of carbonyl (C=O) groups is 2. The van der Waals surface area contributed by atoms with Crippen LogP contribution in [0, 0.1) is 6.92 Å². The lowest BCUT2D eigenvalue weighted by Gasteiger charge is -2.29. The molecule has 0 aliphatic carbocycles. The number of nitrogens with one attached hydrogen (secondary N) is 1. The number of hydrogen-bond acceptors (Lipinski definition) is 6. The first-order chi connectivity index (χ1) is 20.1. The fourth-order valence-electron chi connectivity index (χ4n) is 5.07. The van der Waals surface area contributed by atoms with Gasteiger partial charge in [-0.25, -0.2) is 15.0 Å². The minimum Gasteiger partial charge on any atom is -0.393 e. The van der Waals surface area contributed by atoms with Gasteiger partial charge >= 0.3 is 0 Å². The number of likely N-dealkylation sites (tertiary alicyclic amines) is 1. The van der Waals surface area contributed by atoms with Crippen LogP contribution in [0.5, 0.6) is 0 Å². The Morgan fingerprint density at radius 3 is 2.26 bits per heavy atom. The molecule has 5 rings (SSSR count). The summed E-state index contributed by atoms with van der Waals surface area (Å²) in [6.45, 7) is 9.52. The van der Waals surface area contributed by atoms with Crippen molar-refractivity contribution in [1.82, 2.24) is 19.9 Å². The van der Waals surface area contributed by atoms with Crippen LogP contribution < -0.4 is 5.32 Å². The van der Waals surface area contributed by atoms with Gasteiger partial charge in [0.2, 0.25) is 0 Å². The van der Waals surface area contributed by atoms with Crippen LogP contribution in [0.4, 0.5) is 5.69 Å². The molecule has 2 heterocycles. The van der Waals surface area contributed by atoms with E-state index < -0.39 is 0 Å². The molecule has 216 valence electrons. The molecule has 1 aliphatic heterocycles. The molecular weight excluding hydrogens is 526 g/mol. The number of piperidine rings is 1. The molecule has 8 heteroatoms. The average molecular weight is 564 g/mol. The maximum atomic E-state index is 13.0. The molecule has 0 unspecified atom stereocenters. The largest absolute Gasteiger partial charge is 0.393 e.